The molecule has 0 aliphatic heterocycles. The SMILES string of the molecule is CCOC(=O)COCCN[C@H](C)c1ccccc1C. The first-order valence-electron chi connectivity index (χ1n) is 6.67. The van der Waals surface area contributed by atoms with Crippen LogP contribution >= 0.6 is 0 Å². The third kappa shape index (κ3) is 5.85. The molecule has 1 aromatic carbocycles. The number of rotatable bonds is 8. The number of benzene rings is 1. The number of esters is 1. The first-order chi connectivity index (χ1) is 9.15. The molecule has 1 rings (SSSR count). The van der Waals surface area contributed by atoms with Gasteiger partial charge in [-0.1, -0.05) is 24.3 Å². The Hall–Kier alpha value is -1.39. The topological polar surface area (TPSA) is 47.6 Å². The van der Waals surface area contributed by atoms with Gasteiger partial charge in [0.15, 0.2) is 0 Å². The van der Waals surface area contributed by atoms with Crippen LogP contribution in [0.15, 0.2) is 24.3 Å². The van der Waals surface area contributed by atoms with E-state index in [4.69, 9.17) is 9.47 Å². The highest BCUT2D eigenvalue weighted by molar-refractivity contribution is 5.70. The summed E-state index contributed by atoms with van der Waals surface area (Å²) in [7, 11) is 0. The smallest absolute Gasteiger partial charge is 0.332 e. The van der Waals surface area contributed by atoms with Crippen molar-refractivity contribution in [3.63, 3.8) is 0 Å². The van der Waals surface area contributed by atoms with Crippen molar-refractivity contribution in [1.29, 1.82) is 0 Å². The van der Waals surface area contributed by atoms with Crippen LogP contribution in [0.4, 0.5) is 0 Å². The van der Waals surface area contributed by atoms with Crippen molar-refractivity contribution in [2.45, 2.75) is 26.8 Å². The summed E-state index contributed by atoms with van der Waals surface area (Å²) < 4.78 is 10.00. The molecule has 4 nitrogen and oxygen atoms in total. The van der Waals surface area contributed by atoms with E-state index < -0.39 is 0 Å². The Morgan fingerprint density at radius 2 is 2.11 bits per heavy atom. The normalized spacial score (nSPS) is 12.2. The molecule has 0 aliphatic carbocycles. The standard InChI is InChI=1S/C15H23NO3/c1-4-19-15(17)11-18-10-9-16-13(3)14-8-6-5-7-12(14)2/h5-8,13,16H,4,9-11H2,1-3H3/t13-/m1/s1. The second kappa shape index (κ2) is 8.67. The fraction of sp³-hybridized carbons (Fsp3) is 0.533. The van der Waals surface area contributed by atoms with Crippen LogP contribution in [0, 0.1) is 6.92 Å². The van der Waals surface area contributed by atoms with E-state index >= 15 is 0 Å². The molecular formula is C15H23NO3. The Bertz CT molecular complexity index is 393. The predicted octanol–water partition coefficient (Wildman–Crippen LogP) is 2.23. The van der Waals surface area contributed by atoms with Crippen LogP contribution in [-0.4, -0.2) is 32.3 Å². The molecule has 0 aliphatic rings. The van der Waals surface area contributed by atoms with E-state index in [-0.39, 0.29) is 18.6 Å². The number of hydrogen-bond acceptors (Lipinski definition) is 4. The average Bonchev–Trinajstić information content (AvgIpc) is 2.39. The molecular weight excluding hydrogens is 242 g/mol. The van der Waals surface area contributed by atoms with E-state index in [1.807, 2.05) is 12.1 Å². The second-order valence-corrected chi connectivity index (χ2v) is 4.39. The molecule has 0 saturated heterocycles. The lowest BCUT2D eigenvalue weighted by atomic mass is 10.0. The lowest BCUT2D eigenvalue weighted by Crippen LogP contribution is -2.25. The van der Waals surface area contributed by atoms with Crippen molar-refractivity contribution < 1.29 is 14.3 Å². The Balaban J connectivity index is 2.19. The molecule has 106 valence electrons. The van der Waals surface area contributed by atoms with Crippen molar-refractivity contribution in [3.05, 3.63) is 35.4 Å². The number of nitrogens with one attached hydrogen (secondary N) is 1. The van der Waals surface area contributed by atoms with Gasteiger partial charge in [0.25, 0.3) is 0 Å². The molecule has 4 heteroatoms. The Kier molecular flexibility index (Phi) is 7.15. The summed E-state index contributed by atoms with van der Waals surface area (Å²) in [5, 5.41) is 3.37. The summed E-state index contributed by atoms with van der Waals surface area (Å²) in [6, 6.07) is 8.57. The van der Waals surface area contributed by atoms with Gasteiger partial charge in [-0.25, -0.2) is 4.79 Å². The summed E-state index contributed by atoms with van der Waals surface area (Å²) in [6.07, 6.45) is 0. The van der Waals surface area contributed by atoms with Gasteiger partial charge in [-0.2, -0.15) is 0 Å². The Morgan fingerprint density at radius 1 is 1.37 bits per heavy atom. The minimum atomic E-state index is -0.311. The van der Waals surface area contributed by atoms with E-state index in [9.17, 15) is 4.79 Å². The monoisotopic (exact) mass is 265 g/mol. The van der Waals surface area contributed by atoms with Crippen molar-refractivity contribution in [2.24, 2.45) is 0 Å². The predicted molar refractivity (Wildman–Crippen MR) is 75.0 cm³/mol. The van der Waals surface area contributed by atoms with E-state index in [0.29, 0.717) is 19.8 Å². The highest BCUT2D eigenvalue weighted by atomic mass is 16.6. The number of carbonyl (C=O) groups is 1. The maximum atomic E-state index is 11.0. The van der Waals surface area contributed by atoms with Gasteiger partial charge < -0.3 is 14.8 Å². The minimum Gasteiger partial charge on any atom is -0.464 e. The fourth-order valence-electron chi connectivity index (χ4n) is 1.89. The van der Waals surface area contributed by atoms with Gasteiger partial charge in [-0.3, -0.25) is 0 Å². The largest absolute Gasteiger partial charge is 0.464 e. The molecule has 19 heavy (non-hydrogen) atoms. The molecule has 0 radical (unpaired) electrons. The number of ether oxygens (including phenoxy) is 2. The molecule has 0 aromatic heterocycles. The number of aryl methyl sites for hydroxylation is 1. The van der Waals surface area contributed by atoms with Crippen molar-refractivity contribution >= 4 is 5.97 Å². The molecule has 1 N–H and O–H groups in total. The average molecular weight is 265 g/mol. The number of hydrogen-bond donors (Lipinski definition) is 1. The Morgan fingerprint density at radius 3 is 2.79 bits per heavy atom. The summed E-state index contributed by atoms with van der Waals surface area (Å²) in [5.41, 5.74) is 2.56. The zero-order valence-electron chi connectivity index (χ0n) is 11.9. The highest BCUT2D eigenvalue weighted by Gasteiger charge is 2.07. The molecule has 0 unspecified atom stereocenters. The van der Waals surface area contributed by atoms with Crippen LogP contribution in [0.2, 0.25) is 0 Å². The maximum Gasteiger partial charge on any atom is 0.332 e. The summed E-state index contributed by atoms with van der Waals surface area (Å²) in [5.74, 6) is -0.311. The van der Waals surface area contributed by atoms with Crippen LogP contribution in [-0.2, 0) is 14.3 Å². The van der Waals surface area contributed by atoms with Crippen molar-refractivity contribution in [3.8, 4) is 0 Å². The quantitative estimate of drug-likeness (QED) is 0.578. The minimum absolute atomic E-state index is 0.0221. The lowest BCUT2D eigenvalue weighted by molar-refractivity contribution is -0.148. The molecule has 0 heterocycles. The molecule has 0 spiro atoms. The second-order valence-electron chi connectivity index (χ2n) is 4.39. The van der Waals surface area contributed by atoms with Gasteiger partial charge in [0, 0.05) is 12.6 Å². The third-order valence-electron chi connectivity index (χ3n) is 2.88. The van der Waals surface area contributed by atoms with Crippen molar-refractivity contribution in [1.82, 2.24) is 5.32 Å². The Labute approximate surface area is 115 Å². The third-order valence-corrected chi connectivity index (χ3v) is 2.88. The van der Waals surface area contributed by atoms with Crippen LogP contribution in [0.1, 0.15) is 31.0 Å². The zero-order valence-corrected chi connectivity index (χ0v) is 11.9. The van der Waals surface area contributed by atoms with Gasteiger partial charge in [0.05, 0.1) is 13.2 Å². The first-order valence-corrected chi connectivity index (χ1v) is 6.67. The van der Waals surface area contributed by atoms with E-state index in [2.05, 4.69) is 31.3 Å². The number of carbonyl (C=O) groups excluding carboxylic acids is 1. The molecule has 0 saturated carbocycles. The lowest BCUT2D eigenvalue weighted by Gasteiger charge is -2.16. The molecule has 1 aromatic rings. The van der Waals surface area contributed by atoms with E-state index in [0.717, 1.165) is 0 Å². The highest BCUT2D eigenvalue weighted by Crippen LogP contribution is 2.15. The van der Waals surface area contributed by atoms with Gasteiger partial charge in [0.2, 0.25) is 0 Å². The van der Waals surface area contributed by atoms with Crippen LogP contribution < -0.4 is 5.32 Å². The van der Waals surface area contributed by atoms with Gasteiger partial charge in [-0.15, -0.1) is 0 Å². The van der Waals surface area contributed by atoms with Gasteiger partial charge in [0.1, 0.15) is 6.61 Å². The van der Waals surface area contributed by atoms with Gasteiger partial charge >= 0.3 is 5.97 Å². The summed E-state index contributed by atoms with van der Waals surface area (Å²) in [4.78, 5) is 11.0. The van der Waals surface area contributed by atoms with Crippen LogP contribution in [0.3, 0.4) is 0 Å². The molecule has 0 fully saturated rings. The molecule has 0 amide bonds. The van der Waals surface area contributed by atoms with Crippen LogP contribution in [0.5, 0.6) is 0 Å². The first kappa shape index (κ1) is 15.7. The van der Waals surface area contributed by atoms with E-state index in [1.54, 1.807) is 6.92 Å². The summed E-state index contributed by atoms with van der Waals surface area (Å²) in [6.45, 7) is 7.62. The van der Waals surface area contributed by atoms with Crippen molar-refractivity contribution in [2.75, 3.05) is 26.4 Å². The fourth-order valence-corrected chi connectivity index (χ4v) is 1.89. The molecule has 1 atom stereocenters. The maximum absolute atomic E-state index is 11.0. The molecule has 0 bridgehead atoms. The van der Waals surface area contributed by atoms with E-state index in [1.165, 1.54) is 11.1 Å². The zero-order chi connectivity index (χ0) is 14.1. The summed E-state index contributed by atoms with van der Waals surface area (Å²) >= 11 is 0. The van der Waals surface area contributed by atoms with Gasteiger partial charge in [-0.05, 0) is 31.9 Å². The van der Waals surface area contributed by atoms with Crippen LogP contribution in [0.25, 0.3) is 0 Å².